The van der Waals surface area contributed by atoms with Gasteiger partial charge in [0.2, 0.25) is 5.91 Å². The zero-order valence-electron chi connectivity index (χ0n) is 13.6. The van der Waals surface area contributed by atoms with Crippen LogP contribution in [0.4, 0.5) is 4.79 Å². The van der Waals surface area contributed by atoms with Crippen molar-refractivity contribution in [2.45, 2.75) is 19.3 Å². The topological polar surface area (TPSA) is 58.6 Å². The molecule has 1 aromatic carbocycles. The Hall–Kier alpha value is -1.75. The van der Waals surface area contributed by atoms with E-state index in [0.29, 0.717) is 37.3 Å². The number of hydrogen-bond acceptors (Lipinski definition) is 3. The maximum atomic E-state index is 12.7. The molecule has 2 amide bonds. The summed E-state index contributed by atoms with van der Waals surface area (Å²) in [7, 11) is 0. The molecule has 0 radical (unpaired) electrons. The molecule has 1 aromatic rings. The number of fused-ring (bicyclic) bond motifs is 1. The average molecular weight is 349 g/mol. The molecule has 1 aliphatic carbocycles. The standard InChI is InChI=1S/C18H21ClN2O3/c1-10-2-3-11(6-15(10)19)16-13-8-21(9-14(13)16)17(22)12-4-5-24-18(23)20-7-12/h2-3,6,12-14,16H,4-5,7-9H2,1H3,(H,20,23)/t12-,13-,14+,16?/m1/s1. The smallest absolute Gasteiger partial charge is 0.407 e. The highest BCUT2D eigenvalue weighted by atomic mass is 35.5. The van der Waals surface area contributed by atoms with Crippen LogP contribution in [0.3, 0.4) is 0 Å². The lowest BCUT2D eigenvalue weighted by Gasteiger charge is -2.24. The Balaban J connectivity index is 1.37. The zero-order valence-corrected chi connectivity index (χ0v) is 14.4. The fourth-order valence-corrected chi connectivity index (χ4v) is 4.33. The SMILES string of the molecule is Cc1ccc(C2[C@H]3CN(C(=O)[C@@H]4CCOC(=O)NC4)C[C@@H]23)cc1Cl. The lowest BCUT2D eigenvalue weighted by Crippen LogP contribution is -2.40. The number of rotatable bonds is 2. The Kier molecular flexibility index (Phi) is 3.91. The minimum atomic E-state index is -0.425. The predicted molar refractivity (Wildman–Crippen MR) is 89.9 cm³/mol. The third-order valence-electron chi connectivity index (χ3n) is 5.63. The molecule has 128 valence electrons. The lowest BCUT2D eigenvalue weighted by atomic mass is 10.0. The summed E-state index contributed by atoms with van der Waals surface area (Å²) < 4.78 is 4.94. The number of benzene rings is 1. The van der Waals surface area contributed by atoms with E-state index < -0.39 is 6.09 Å². The third kappa shape index (κ3) is 2.75. The van der Waals surface area contributed by atoms with Crippen molar-refractivity contribution in [1.29, 1.82) is 0 Å². The van der Waals surface area contributed by atoms with E-state index in [1.165, 1.54) is 5.56 Å². The van der Waals surface area contributed by atoms with Crippen molar-refractivity contribution in [2.24, 2.45) is 17.8 Å². The van der Waals surface area contributed by atoms with Crippen molar-refractivity contribution in [2.75, 3.05) is 26.2 Å². The van der Waals surface area contributed by atoms with Gasteiger partial charge in [-0.15, -0.1) is 0 Å². The number of nitrogens with zero attached hydrogens (tertiary/aromatic N) is 1. The molecule has 0 spiro atoms. The van der Waals surface area contributed by atoms with E-state index in [4.69, 9.17) is 16.3 Å². The first-order valence-electron chi connectivity index (χ1n) is 8.50. The summed E-state index contributed by atoms with van der Waals surface area (Å²) in [6, 6.07) is 6.31. The van der Waals surface area contributed by atoms with Crippen molar-refractivity contribution < 1.29 is 14.3 Å². The second kappa shape index (κ2) is 5.96. The summed E-state index contributed by atoms with van der Waals surface area (Å²) in [5.74, 6) is 1.60. The minimum Gasteiger partial charge on any atom is -0.450 e. The first-order chi connectivity index (χ1) is 11.5. The molecular formula is C18H21ClN2O3. The van der Waals surface area contributed by atoms with Gasteiger partial charge in [-0.3, -0.25) is 4.79 Å². The van der Waals surface area contributed by atoms with Gasteiger partial charge in [0.25, 0.3) is 0 Å². The largest absolute Gasteiger partial charge is 0.450 e. The number of likely N-dealkylation sites (tertiary alicyclic amines) is 1. The highest BCUT2D eigenvalue weighted by Gasteiger charge is 2.57. The number of hydrogen-bond donors (Lipinski definition) is 1. The Bertz CT molecular complexity index is 681. The fraction of sp³-hybridized carbons (Fsp3) is 0.556. The Morgan fingerprint density at radius 1 is 1.33 bits per heavy atom. The summed E-state index contributed by atoms with van der Waals surface area (Å²) in [4.78, 5) is 25.8. The molecule has 2 aliphatic heterocycles. The van der Waals surface area contributed by atoms with Gasteiger partial charge in [0, 0.05) is 24.7 Å². The molecule has 3 aliphatic rings. The highest BCUT2D eigenvalue weighted by Crippen LogP contribution is 2.58. The van der Waals surface area contributed by atoms with E-state index in [1.807, 2.05) is 11.8 Å². The average Bonchev–Trinajstić information content (AvgIpc) is 3.15. The number of alkyl carbamates (subject to hydrolysis) is 1. The fourth-order valence-electron chi connectivity index (χ4n) is 4.14. The van der Waals surface area contributed by atoms with Gasteiger partial charge in [0.05, 0.1) is 12.5 Å². The van der Waals surface area contributed by atoms with Gasteiger partial charge < -0.3 is 15.0 Å². The van der Waals surface area contributed by atoms with Crippen LogP contribution in [0.5, 0.6) is 0 Å². The summed E-state index contributed by atoms with van der Waals surface area (Å²) in [5.41, 5.74) is 2.39. The number of nitrogens with one attached hydrogen (secondary N) is 1. The van der Waals surface area contributed by atoms with Gasteiger partial charge in [-0.05, 0) is 48.3 Å². The van der Waals surface area contributed by atoms with Crippen molar-refractivity contribution in [3.63, 3.8) is 0 Å². The van der Waals surface area contributed by atoms with Crippen LogP contribution < -0.4 is 5.32 Å². The molecule has 2 heterocycles. The van der Waals surface area contributed by atoms with Crippen LogP contribution in [-0.2, 0) is 9.53 Å². The van der Waals surface area contributed by atoms with E-state index in [1.54, 1.807) is 0 Å². The van der Waals surface area contributed by atoms with Crippen molar-refractivity contribution in [3.05, 3.63) is 34.3 Å². The van der Waals surface area contributed by atoms with Crippen molar-refractivity contribution >= 4 is 23.6 Å². The summed E-state index contributed by atoms with van der Waals surface area (Å²) in [6.45, 7) is 4.32. The predicted octanol–water partition coefficient (Wildman–Crippen LogP) is 2.57. The molecule has 1 saturated carbocycles. The Morgan fingerprint density at radius 3 is 2.79 bits per heavy atom. The molecule has 1 unspecified atom stereocenters. The van der Waals surface area contributed by atoms with Gasteiger partial charge in [-0.1, -0.05) is 23.7 Å². The van der Waals surface area contributed by atoms with Gasteiger partial charge in [-0.25, -0.2) is 4.79 Å². The van der Waals surface area contributed by atoms with Crippen LogP contribution in [0.25, 0.3) is 0 Å². The molecule has 0 bridgehead atoms. The highest BCUT2D eigenvalue weighted by molar-refractivity contribution is 6.31. The maximum absolute atomic E-state index is 12.7. The van der Waals surface area contributed by atoms with Crippen molar-refractivity contribution in [1.82, 2.24) is 10.2 Å². The number of piperidine rings is 1. The Labute approximate surface area is 146 Å². The molecule has 4 atom stereocenters. The van der Waals surface area contributed by atoms with E-state index in [9.17, 15) is 9.59 Å². The number of carbonyl (C=O) groups is 2. The molecule has 1 N–H and O–H groups in total. The number of halogens is 1. The quantitative estimate of drug-likeness (QED) is 0.893. The van der Waals surface area contributed by atoms with Crippen LogP contribution >= 0.6 is 11.6 Å². The number of ether oxygens (including phenoxy) is 1. The monoisotopic (exact) mass is 348 g/mol. The normalized spacial score (nSPS) is 31.8. The maximum Gasteiger partial charge on any atom is 0.407 e. The van der Waals surface area contributed by atoms with Gasteiger partial charge in [0.15, 0.2) is 0 Å². The van der Waals surface area contributed by atoms with Crippen LogP contribution in [0.15, 0.2) is 18.2 Å². The molecule has 4 rings (SSSR count). The number of amides is 2. The second-order valence-corrected chi connectivity index (χ2v) is 7.51. The second-order valence-electron chi connectivity index (χ2n) is 7.11. The minimum absolute atomic E-state index is 0.147. The molecule has 3 fully saturated rings. The first kappa shape index (κ1) is 15.8. The van der Waals surface area contributed by atoms with Crippen LogP contribution in [0.2, 0.25) is 5.02 Å². The molecule has 2 saturated heterocycles. The number of carbonyl (C=O) groups excluding carboxylic acids is 2. The van der Waals surface area contributed by atoms with Gasteiger partial charge >= 0.3 is 6.09 Å². The molecule has 6 heteroatoms. The zero-order chi connectivity index (χ0) is 16.8. The van der Waals surface area contributed by atoms with Crippen LogP contribution in [0, 0.1) is 24.7 Å². The summed E-state index contributed by atoms with van der Waals surface area (Å²) in [5, 5.41) is 3.46. The third-order valence-corrected chi connectivity index (χ3v) is 6.04. The number of cyclic esters (lactones) is 1. The summed E-state index contributed by atoms with van der Waals surface area (Å²) in [6.07, 6.45) is 0.173. The molecular weight excluding hydrogens is 328 g/mol. The van der Waals surface area contributed by atoms with E-state index in [0.717, 1.165) is 23.7 Å². The molecule has 0 aromatic heterocycles. The van der Waals surface area contributed by atoms with Crippen LogP contribution in [0.1, 0.15) is 23.5 Å². The van der Waals surface area contributed by atoms with Gasteiger partial charge in [0.1, 0.15) is 0 Å². The molecule has 5 nitrogen and oxygen atoms in total. The van der Waals surface area contributed by atoms with E-state index in [-0.39, 0.29) is 11.8 Å². The van der Waals surface area contributed by atoms with Gasteiger partial charge in [-0.2, -0.15) is 0 Å². The summed E-state index contributed by atoms with van der Waals surface area (Å²) >= 11 is 6.24. The van der Waals surface area contributed by atoms with Crippen molar-refractivity contribution in [3.8, 4) is 0 Å². The van der Waals surface area contributed by atoms with E-state index >= 15 is 0 Å². The number of aryl methyl sites for hydroxylation is 1. The lowest BCUT2D eigenvalue weighted by molar-refractivity contribution is -0.135. The molecule has 24 heavy (non-hydrogen) atoms. The van der Waals surface area contributed by atoms with E-state index in [2.05, 4.69) is 23.5 Å². The first-order valence-corrected chi connectivity index (χ1v) is 8.88. The Morgan fingerprint density at radius 2 is 2.08 bits per heavy atom. The van der Waals surface area contributed by atoms with Crippen LogP contribution in [-0.4, -0.2) is 43.1 Å².